The Morgan fingerprint density at radius 2 is 1.88 bits per heavy atom. The second-order valence-electron chi connectivity index (χ2n) is 8.49. The SMILES string of the molecule is COc1ccc(N2CC(C(=O)N[C@H](C)C(=O)NC3CCCc4ccccc43)CC2=O)cc1. The number of aryl methyl sites for hydroxylation is 1. The summed E-state index contributed by atoms with van der Waals surface area (Å²) in [6, 6.07) is 14.6. The standard InChI is InChI=1S/C25H29N3O4/c1-16(24(30)27-22-9-5-7-17-6-3-4-8-21(17)22)26-25(31)18-14-23(29)28(15-18)19-10-12-20(32-2)13-11-19/h3-4,6,8,10-13,16,18,22H,5,7,9,14-15H2,1-2H3,(H,26,31)(H,27,30)/t16-,18?,22?/m1/s1. The average molecular weight is 436 g/mol. The number of nitrogens with one attached hydrogen (secondary N) is 2. The Morgan fingerprint density at radius 1 is 1.12 bits per heavy atom. The van der Waals surface area contributed by atoms with Gasteiger partial charge in [0.25, 0.3) is 0 Å². The van der Waals surface area contributed by atoms with Crippen LogP contribution in [0.1, 0.15) is 43.4 Å². The van der Waals surface area contributed by atoms with Crippen molar-refractivity contribution in [1.29, 1.82) is 0 Å². The van der Waals surface area contributed by atoms with E-state index in [-0.39, 0.29) is 30.2 Å². The van der Waals surface area contributed by atoms with Gasteiger partial charge in [-0.3, -0.25) is 14.4 Å². The van der Waals surface area contributed by atoms with Crippen molar-refractivity contribution in [3.05, 3.63) is 59.7 Å². The number of hydrogen-bond acceptors (Lipinski definition) is 4. The molecule has 32 heavy (non-hydrogen) atoms. The quantitative estimate of drug-likeness (QED) is 0.730. The lowest BCUT2D eigenvalue weighted by atomic mass is 9.87. The van der Waals surface area contributed by atoms with Gasteiger partial charge in [0.1, 0.15) is 11.8 Å². The zero-order chi connectivity index (χ0) is 22.7. The van der Waals surface area contributed by atoms with Crippen molar-refractivity contribution in [1.82, 2.24) is 10.6 Å². The van der Waals surface area contributed by atoms with Crippen LogP contribution in [0.2, 0.25) is 0 Å². The third kappa shape index (κ3) is 4.61. The first kappa shape index (κ1) is 21.9. The number of anilines is 1. The number of amides is 3. The Hall–Kier alpha value is -3.35. The second kappa shape index (κ2) is 9.42. The molecule has 2 N–H and O–H groups in total. The van der Waals surface area contributed by atoms with E-state index in [0.717, 1.165) is 30.5 Å². The molecule has 0 saturated carbocycles. The van der Waals surface area contributed by atoms with Gasteiger partial charge in [0.15, 0.2) is 0 Å². The highest BCUT2D eigenvalue weighted by molar-refractivity contribution is 6.01. The van der Waals surface area contributed by atoms with Gasteiger partial charge in [-0.1, -0.05) is 24.3 Å². The molecule has 2 aromatic rings. The van der Waals surface area contributed by atoms with Gasteiger partial charge in [0.2, 0.25) is 17.7 Å². The molecule has 3 amide bonds. The lowest BCUT2D eigenvalue weighted by Crippen LogP contribution is -2.48. The smallest absolute Gasteiger partial charge is 0.242 e. The van der Waals surface area contributed by atoms with E-state index in [1.807, 2.05) is 12.1 Å². The lowest BCUT2D eigenvalue weighted by molar-refractivity contribution is -0.131. The number of hydrogen-bond donors (Lipinski definition) is 2. The van der Waals surface area contributed by atoms with Crippen LogP contribution in [0.15, 0.2) is 48.5 Å². The molecule has 2 aromatic carbocycles. The van der Waals surface area contributed by atoms with Crippen LogP contribution < -0.4 is 20.3 Å². The Balaban J connectivity index is 1.33. The summed E-state index contributed by atoms with van der Waals surface area (Å²) >= 11 is 0. The van der Waals surface area contributed by atoms with E-state index in [4.69, 9.17) is 4.74 Å². The summed E-state index contributed by atoms with van der Waals surface area (Å²) in [5.74, 6) is -0.381. The fourth-order valence-electron chi connectivity index (χ4n) is 4.49. The normalized spacial score (nSPS) is 20.9. The first-order chi connectivity index (χ1) is 15.5. The Labute approximate surface area is 188 Å². The number of nitrogens with zero attached hydrogens (tertiary/aromatic N) is 1. The number of carbonyl (C=O) groups excluding carboxylic acids is 3. The highest BCUT2D eigenvalue weighted by atomic mass is 16.5. The van der Waals surface area contributed by atoms with E-state index in [0.29, 0.717) is 12.3 Å². The largest absolute Gasteiger partial charge is 0.497 e. The molecule has 7 nitrogen and oxygen atoms in total. The third-order valence-corrected chi connectivity index (χ3v) is 6.32. The highest BCUT2D eigenvalue weighted by Gasteiger charge is 2.36. The average Bonchev–Trinajstić information content (AvgIpc) is 3.21. The zero-order valence-corrected chi connectivity index (χ0v) is 18.5. The number of benzene rings is 2. The van der Waals surface area contributed by atoms with Crippen LogP contribution >= 0.6 is 0 Å². The summed E-state index contributed by atoms with van der Waals surface area (Å²) < 4.78 is 5.15. The first-order valence-electron chi connectivity index (χ1n) is 11.1. The van der Waals surface area contributed by atoms with Crippen LogP contribution in [0, 0.1) is 5.92 Å². The first-order valence-corrected chi connectivity index (χ1v) is 11.1. The van der Waals surface area contributed by atoms with Crippen molar-refractivity contribution in [2.45, 2.75) is 44.7 Å². The van der Waals surface area contributed by atoms with Gasteiger partial charge >= 0.3 is 0 Å². The fraction of sp³-hybridized carbons (Fsp3) is 0.400. The van der Waals surface area contributed by atoms with Crippen molar-refractivity contribution in [2.75, 3.05) is 18.6 Å². The number of fused-ring (bicyclic) bond motifs is 1. The third-order valence-electron chi connectivity index (χ3n) is 6.32. The molecule has 4 rings (SSSR count). The van der Waals surface area contributed by atoms with E-state index < -0.39 is 12.0 Å². The molecule has 1 saturated heterocycles. The summed E-state index contributed by atoms with van der Waals surface area (Å²) in [5.41, 5.74) is 3.15. The second-order valence-corrected chi connectivity index (χ2v) is 8.49. The molecular weight excluding hydrogens is 406 g/mol. The zero-order valence-electron chi connectivity index (χ0n) is 18.5. The fourth-order valence-corrected chi connectivity index (χ4v) is 4.49. The monoisotopic (exact) mass is 435 g/mol. The molecule has 0 spiro atoms. The Bertz CT molecular complexity index is 1000. The van der Waals surface area contributed by atoms with Crippen LogP contribution in [-0.2, 0) is 20.8 Å². The van der Waals surface area contributed by atoms with Gasteiger partial charge < -0.3 is 20.3 Å². The highest BCUT2D eigenvalue weighted by Crippen LogP contribution is 2.30. The van der Waals surface area contributed by atoms with Gasteiger partial charge in [-0.2, -0.15) is 0 Å². The maximum atomic E-state index is 12.8. The number of methoxy groups -OCH3 is 1. The van der Waals surface area contributed by atoms with E-state index in [1.54, 1.807) is 43.2 Å². The molecule has 0 radical (unpaired) electrons. The van der Waals surface area contributed by atoms with Crippen LogP contribution in [0.5, 0.6) is 5.75 Å². The minimum absolute atomic E-state index is 0.0366. The minimum atomic E-state index is -0.679. The van der Waals surface area contributed by atoms with Gasteiger partial charge in [0.05, 0.1) is 19.1 Å². The van der Waals surface area contributed by atoms with Gasteiger partial charge in [-0.05, 0) is 61.6 Å². The summed E-state index contributed by atoms with van der Waals surface area (Å²) in [6.07, 6.45) is 3.06. The molecule has 1 aliphatic carbocycles. The molecule has 1 aliphatic heterocycles. The van der Waals surface area contributed by atoms with E-state index >= 15 is 0 Å². The van der Waals surface area contributed by atoms with E-state index in [9.17, 15) is 14.4 Å². The molecule has 7 heteroatoms. The predicted octanol–water partition coefficient (Wildman–Crippen LogP) is 2.75. The molecule has 0 bridgehead atoms. The molecule has 1 fully saturated rings. The molecule has 0 aromatic heterocycles. The molecule has 1 heterocycles. The molecular formula is C25H29N3O4. The lowest BCUT2D eigenvalue weighted by Gasteiger charge is -2.28. The van der Waals surface area contributed by atoms with Gasteiger partial charge in [-0.25, -0.2) is 0 Å². The maximum Gasteiger partial charge on any atom is 0.242 e. The summed E-state index contributed by atoms with van der Waals surface area (Å²) in [4.78, 5) is 39.6. The van der Waals surface area contributed by atoms with Crippen LogP contribution in [0.25, 0.3) is 0 Å². The van der Waals surface area contributed by atoms with Crippen molar-refractivity contribution >= 4 is 23.4 Å². The van der Waals surface area contributed by atoms with Gasteiger partial charge in [0, 0.05) is 18.7 Å². The van der Waals surface area contributed by atoms with E-state index in [2.05, 4.69) is 22.8 Å². The molecule has 2 aliphatic rings. The van der Waals surface area contributed by atoms with Crippen LogP contribution in [0.3, 0.4) is 0 Å². The van der Waals surface area contributed by atoms with Crippen molar-refractivity contribution in [2.24, 2.45) is 5.92 Å². The Kier molecular flexibility index (Phi) is 6.44. The summed E-state index contributed by atoms with van der Waals surface area (Å²) in [5, 5.41) is 5.88. The minimum Gasteiger partial charge on any atom is -0.497 e. The van der Waals surface area contributed by atoms with Gasteiger partial charge in [-0.15, -0.1) is 0 Å². The summed E-state index contributed by atoms with van der Waals surface area (Å²) in [6.45, 7) is 1.97. The maximum absolute atomic E-state index is 12.8. The van der Waals surface area contributed by atoms with Crippen molar-refractivity contribution in [3.63, 3.8) is 0 Å². The van der Waals surface area contributed by atoms with Crippen molar-refractivity contribution < 1.29 is 19.1 Å². The molecule has 168 valence electrons. The van der Waals surface area contributed by atoms with Crippen molar-refractivity contribution in [3.8, 4) is 5.75 Å². The topological polar surface area (TPSA) is 87.7 Å². The van der Waals surface area contributed by atoms with Crippen LogP contribution in [-0.4, -0.2) is 37.4 Å². The van der Waals surface area contributed by atoms with Crippen LogP contribution in [0.4, 0.5) is 5.69 Å². The predicted molar refractivity (Wildman–Crippen MR) is 121 cm³/mol. The summed E-state index contributed by atoms with van der Waals surface area (Å²) in [7, 11) is 1.58. The Morgan fingerprint density at radius 3 is 2.62 bits per heavy atom. The molecule has 3 atom stereocenters. The number of ether oxygens (including phenoxy) is 1. The van der Waals surface area contributed by atoms with E-state index in [1.165, 1.54) is 5.56 Å². The molecule has 2 unspecified atom stereocenters. The number of carbonyl (C=O) groups is 3. The number of rotatable bonds is 6.